The van der Waals surface area contributed by atoms with Crippen molar-refractivity contribution in [3.05, 3.63) is 35.8 Å². The molecule has 1 N–H and O–H groups in total. The Morgan fingerprint density at radius 1 is 1.37 bits per heavy atom. The van der Waals surface area contributed by atoms with Crippen LogP contribution in [0.2, 0.25) is 0 Å². The van der Waals surface area contributed by atoms with Crippen LogP contribution in [0.3, 0.4) is 0 Å². The minimum atomic E-state index is -0.639. The molecule has 100 valence electrons. The number of carbonyl (C=O) groups is 1. The lowest BCUT2D eigenvalue weighted by Crippen LogP contribution is -2.30. The highest BCUT2D eigenvalue weighted by Crippen LogP contribution is 2.27. The molecule has 0 unspecified atom stereocenters. The number of thiazole rings is 1. The molecule has 2 rings (SSSR count). The Balaban J connectivity index is 2.00. The number of hydrogen-bond donors (Lipinski definition) is 1. The zero-order chi connectivity index (χ0) is 13.7. The van der Waals surface area contributed by atoms with Crippen LogP contribution >= 0.6 is 11.3 Å². The highest BCUT2D eigenvalue weighted by Gasteiger charge is 2.17. The molecule has 0 saturated heterocycles. The molecule has 1 atom stereocenters. The summed E-state index contributed by atoms with van der Waals surface area (Å²) in [6.07, 6.45) is 0.992. The first-order chi connectivity index (χ1) is 9.20. The molecule has 0 aliphatic heterocycles. The first kappa shape index (κ1) is 13.4. The van der Waals surface area contributed by atoms with Gasteiger partial charge in [-0.2, -0.15) is 0 Å². The summed E-state index contributed by atoms with van der Waals surface area (Å²) in [4.78, 5) is 15.9. The maximum atomic E-state index is 11.9. The van der Waals surface area contributed by atoms with Crippen LogP contribution in [-0.2, 0) is 4.79 Å². The van der Waals surface area contributed by atoms with Crippen molar-refractivity contribution in [3.63, 3.8) is 0 Å². The first-order valence-electron chi connectivity index (χ1n) is 5.70. The number of aromatic nitrogens is 1. The fourth-order valence-corrected chi connectivity index (χ4v) is 1.98. The molecular formula is C13H14N2O3S. The predicted octanol–water partition coefficient (Wildman–Crippen LogP) is 2.56. The van der Waals surface area contributed by atoms with Gasteiger partial charge in [-0.25, -0.2) is 4.98 Å². The SMILES string of the molecule is COc1ccccc1O[C@H](C)C(=O)Nc1nccs1. The number of benzene rings is 1. The number of para-hydroxylation sites is 2. The molecule has 0 spiro atoms. The summed E-state index contributed by atoms with van der Waals surface area (Å²) in [6.45, 7) is 1.68. The molecule has 1 aromatic heterocycles. The number of nitrogens with one attached hydrogen (secondary N) is 1. The van der Waals surface area contributed by atoms with Gasteiger partial charge in [0.15, 0.2) is 22.7 Å². The van der Waals surface area contributed by atoms with Crippen molar-refractivity contribution in [2.45, 2.75) is 13.0 Å². The van der Waals surface area contributed by atoms with Crippen LogP contribution in [0.15, 0.2) is 35.8 Å². The van der Waals surface area contributed by atoms with E-state index in [4.69, 9.17) is 9.47 Å². The van der Waals surface area contributed by atoms with Gasteiger partial charge in [0.2, 0.25) is 0 Å². The molecule has 1 amide bonds. The maximum absolute atomic E-state index is 11.9. The Morgan fingerprint density at radius 2 is 2.11 bits per heavy atom. The molecule has 0 aliphatic rings. The van der Waals surface area contributed by atoms with E-state index in [0.717, 1.165) is 0 Å². The summed E-state index contributed by atoms with van der Waals surface area (Å²) in [6, 6.07) is 7.20. The third-order valence-electron chi connectivity index (χ3n) is 2.40. The van der Waals surface area contributed by atoms with Crippen molar-refractivity contribution < 1.29 is 14.3 Å². The van der Waals surface area contributed by atoms with Crippen molar-refractivity contribution in [1.29, 1.82) is 0 Å². The zero-order valence-corrected chi connectivity index (χ0v) is 11.4. The quantitative estimate of drug-likeness (QED) is 0.913. The van der Waals surface area contributed by atoms with E-state index in [1.165, 1.54) is 11.3 Å². The minimum absolute atomic E-state index is 0.249. The van der Waals surface area contributed by atoms with Gasteiger partial charge >= 0.3 is 0 Å². The van der Waals surface area contributed by atoms with E-state index in [1.54, 1.807) is 37.7 Å². The van der Waals surface area contributed by atoms with Gasteiger partial charge in [-0.3, -0.25) is 10.1 Å². The Kier molecular flexibility index (Phi) is 4.35. The number of anilines is 1. The van der Waals surface area contributed by atoms with Gasteiger partial charge in [-0.1, -0.05) is 12.1 Å². The predicted molar refractivity (Wildman–Crippen MR) is 73.8 cm³/mol. The van der Waals surface area contributed by atoms with Crippen LogP contribution in [0.5, 0.6) is 11.5 Å². The Bertz CT molecular complexity index is 543. The minimum Gasteiger partial charge on any atom is -0.493 e. The Labute approximate surface area is 115 Å². The van der Waals surface area contributed by atoms with Gasteiger partial charge in [0.05, 0.1) is 7.11 Å². The monoisotopic (exact) mass is 278 g/mol. The second kappa shape index (κ2) is 6.19. The van der Waals surface area contributed by atoms with E-state index < -0.39 is 6.10 Å². The lowest BCUT2D eigenvalue weighted by molar-refractivity contribution is -0.122. The lowest BCUT2D eigenvalue weighted by atomic mass is 10.3. The second-order valence-electron chi connectivity index (χ2n) is 3.74. The molecule has 0 aliphatic carbocycles. The fraction of sp³-hybridized carbons (Fsp3) is 0.231. The van der Waals surface area contributed by atoms with Crippen LogP contribution < -0.4 is 14.8 Å². The first-order valence-corrected chi connectivity index (χ1v) is 6.58. The highest BCUT2D eigenvalue weighted by atomic mass is 32.1. The van der Waals surface area contributed by atoms with Crippen molar-refractivity contribution in [1.82, 2.24) is 4.98 Å². The Morgan fingerprint density at radius 3 is 2.74 bits per heavy atom. The van der Waals surface area contributed by atoms with Crippen LogP contribution in [0.1, 0.15) is 6.92 Å². The van der Waals surface area contributed by atoms with E-state index >= 15 is 0 Å². The third kappa shape index (κ3) is 3.45. The van der Waals surface area contributed by atoms with E-state index in [1.807, 2.05) is 12.1 Å². The molecule has 0 bridgehead atoms. The number of hydrogen-bond acceptors (Lipinski definition) is 5. The number of rotatable bonds is 5. The smallest absolute Gasteiger partial charge is 0.266 e. The number of ether oxygens (including phenoxy) is 2. The van der Waals surface area contributed by atoms with Crippen LogP contribution in [0, 0.1) is 0 Å². The van der Waals surface area contributed by atoms with Gasteiger partial charge < -0.3 is 9.47 Å². The normalized spacial score (nSPS) is 11.7. The number of nitrogens with zero attached hydrogens (tertiary/aromatic N) is 1. The third-order valence-corrected chi connectivity index (χ3v) is 3.09. The Hall–Kier alpha value is -2.08. The zero-order valence-electron chi connectivity index (χ0n) is 10.6. The summed E-state index contributed by atoms with van der Waals surface area (Å²) in [5.41, 5.74) is 0. The van der Waals surface area contributed by atoms with E-state index in [-0.39, 0.29) is 5.91 Å². The highest BCUT2D eigenvalue weighted by molar-refractivity contribution is 7.13. The summed E-state index contributed by atoms with van der Waals surface area (Å²) in [5.74, 6) is 0.879. The second-order valence-corrected chi connectivity index (χ2v) is 4.63. The van der Waals surface area contributed by atoms with E-state index in [2.05, 4.69) is 10.3 Å². The van der Waals surface area contributed by atoms with Gasteiger partial charge in [0, 0.05) is 11.6 Å². The maximum Gasteiger partial charge on any atom is 0.266 e. The van der Waals surface area contributed by atoms with Gasteiger partial charge in [0.1, 0.15) is 0 Å². The summed E-state index contributed by atoms with van der Waals surface area (Å²) >= 11 is 1.36. The molecule has 0 radical (unpaired) electrons. The summed E-state index contributed by atoms with van der Waals surface area (Å²) < 4.78 is 10.8. The van der Waals surface area contributed by atoms with E-state index in [0.29, 0.717) is 16.6 Å². The van der Waals surface area contributed by atoms with Gasteiger partial charge in [-0.15, -0.1) is 11.3 Å². The average Bonchev–Trinajstić information content (AvgIpc) is 2.92. The molecule has 2 aromatic rings. The van der Waals surface area contributed by atoms with Crippen LogP contribution in [0.25, 0.3) is 0 Å². The average molecular weight is 278 g/mol. The van der Waals surface area contributed by atoms with Crippen molar-refractivity contribution >= 4 is 22.4 Å². The largest absolute Gasteiger partial charge is 0.493 e. The molecule has 19 heavy (non-hydrogen) atoms. The van der Waals surface area contributed by atoms with Crippen molar-refractivity contribution in [2.24, 2.45) is 0 Å². The van der Waals surface area contributed by atoms with E-state index in [9.17, 15) is 4.79 Å². The van der Waals surface area contributed by atoms with Crippen molar-refractivity contribution in [3.8, 4) is 11.5 Å². The fourth-order valence-electron chi connectivity index (χ4n) is 1.45. The summed E-state index contributed by atoms with van der Waals surface area (Å²) in [5, 5.41) is 5.03. The van der Waals surface area contributed by atoms with Gasteiger partial charge in [0.25, 0.3) is 5.91 Å². The molecule has 1 heterocycles. The standard InChI is InChI=1S/C13H14N2O3S/c1-9(12(16)15-13-14-7-8-19-13)18-11-6-4-3-5-10(11)17-2/h3-9H,1-2H3,(H,14,15,16)/t9-/m1/s1. The topological polar surface area (TPSA) is 60.5 Å². The molecule has 6 heteroatoms. The lowest BCUT2D eigenvalue weighted by Gasteiger charge is -2.15. The van der Waals surface area contributed by atoms with Crippen molar-refractivity contribution in [2.75, 3.05) is 12.4 Å². The molecule has 0 fully saturated rings. The number of carbonyl (C=O) groups excluding carboxylic acids is 1. The van der Waals surface area contributed by atoms with Crippen LogP contribution in [0.4, 0.5) is 5.13 Å². The molecular weight excluding hydrogens is 264 g/mol. The molecule has 1 aromatic carbocycles. The number of methoxy groups -OCH3 is 1. The molecule has 5 nitrogen and oxygen atoms in total. The summed E-state index contributed by atoms with van der Waals surface area (Å²) in [7, 11) is 1.56. The number of amides is 1. The van der Waals surface area contributed by atoms with Gasteiger partial charge in [-0.05, 0) is 19.1 Å². The molecule has 0 saturated carbocycles. The van der Waals surface area contributed by atoms with Crippen LogP contribution in [-0.4, -0.2) is 24.1 Å².